The first-order valence-electron chi connectivity index (χ1n) is 11.4. The summed E-state index contributed by atoms with van der Waals surface area (Å²) >= 11 is 0. The fraction of sp³-hybridized carbons (Fsp3) is 0.444. The van der Waals surface area contributed by atoms with Gasteiger partial charge in [-0.2, -0.15) is 0 Å². The van der Waals surface area contributed by atoms with Gasteiger partial charge in [0.05, 0.1) is 12.7 Å². The zero-order chi connectivity index (χ0) is 22.9. The van der Waals surface area contributed by atoms with Gasteiger partial charge in [-0.05, 0) is 75.4 Å². The van der Waals surface area contributed by atoms with Gasteiger partial charge in [0.1, 0.15) is 5.67 Å². The minimum Gasteiger partial charge on any atom is -0.465 e. The Kier molecular flexibility index (Phi) is 6.38. The van der Waals surface area contributed by atoms with Gasteiger partial charge in [0, 0.05) is 36.2 Å². The number of hydrogen-bond acceptors (Lipinski definition) is 3. The van der Waals surface area contributed by atoms with Crippen LogP contribution in [0, 0.1) is 12.8 Å². The predicted octanol–water partition coefficient (Wildman–Crippen LogP) is 5.40. The molecule has 5 heteroatoms. The lowest BCUT2D eigenvalue weighted by Crippen LogP contribution is -2.34. The van der Waals surface area contributed by atoms with E-state index in [2.05, 4.69) is 40.7 Å². The Morgan fingerprint density at radius 3 is 2.56 bits per heavy atom. The lowest BCUT2D eigenvalue weighted by molar-refractivity contribution is 0.0600. The number of rotatable bonds is 7. The highest BCUT2D eigenvalue weighted by Crippen LogP contribution is 2.31. The Bertz CT molecular complexity index is 1100. The zero-order valence-corrected chi connectivity index (χ0v) is 19.5. The van der Waals surface area contributed by atoms with Crippen molar-refractivity contribution in [2.75, 3.05) is 26.7 Å². The van der Waals surface area contributed by atoms with Gasteiger partial charge in [-0.25, -0.2) is 9.18 Å². The molecule has 0 aliphatic carbocycles. The van der Waals surface area contributed by atoms with Crippen molar-refractivity contribution < 1.29 is 13.9 Å². The van der Waals surface area contributed by atoms with E-state index in [1.165, 1.54) is 34.8 Å². The number of alkyl halides is 1. The first-order chi connectivity index (χ1) is 15.2. The summed E-state index contributed by atoms with van der Waals surface area (Å²) in [6.07, 6.45) is 1.92. The maximum absolute atomic E-state index is 14.1. The van der Waals surface area contributed by atoms with Crippen LogP contribution in [0.3, 0.4) is 0 Å². The maximum Gasteiger partial charge on any atom is 0.337 e. The van der Waals surface area contributed by atoms with Gasteiger partial charge in [0.15, 0.2) is 0 Å². The van der Waals surface area contributed by atoms with E-state index in [9.17, 15) is 9.18 Å². The second-order valence-electron chi connectivity index (χ2n) is 9.67. The SMILES string of the molecule is COC(=O)c1ccc(Cc2c(C)n(CC3CCN(CC(C)(C)F)C3)c3ccccc23)cc1. The Balaban J connectivity index is 1.57. The normalized spacial score (nSPS) is 17.2. The topological polar surface area (TPSA) is 34.5 Å². The Hall–Kier alpha value is -2.66. The minimum atomic E-state index is -1.15. The Labute approximate surface area is 190 Å². The molecule has 1 aliphatic heterocycles. The Morgan fingerprint density at radius 1 is 1.16 bits per heavy atom. The van der Waals surface area contributed by atoms with Gasteiger partial charge in [-0.15, -0.1) is 0 Å². The van der Waals surface area contributed by atoms with E-state index >= 15 is 0 Å². The molecule has 0 spiro atoms. The van der Waals surface area contributed by atoms with Crippen molar-refractivity contribution in [3.05, 3.63) is 70.9 Å². The molecule has 2 aromatic carbocycles. The average molecular weight is 437 g/mol. The van der Waals surface area contributed by atoms with Crippen molar-refractivity contribution in [2.24, 2.45) is 5.92 Å². The number of carbonyl (C=O) groups is 1. The molecule has 1 unspecified atom stereocenters. The molecule has 0 radical (unpaired) electrons. The van der Waals surface area contributed by atoms with Crippen LogP contribution in [-0.4, -0.2) is 47.8 Å². The molecule has 1 saturated heterocycles. The number of likely N-dealkylation sites (tertiary alicyclic amines) is 1. The van der Waals surface area contributed by atoms with Crippen LogP contribution in [0.25, 0.3) is 10.9 Å². The number of hydrogen-bond donors (Lipinski definition) is 0. The fourth-order valence-electron chi connectivity index (χ4n) is 5.04. The molecule has 0 amide bonds. The van der Waals surface area contributed by atoms with Crippen LogP contribution in [0.1, 0.15) is 47.4 Å². The van der Waals surface area contributed by atoms with Crippen LogP contribution in [0.2, 0.25) is 0 Å². The standard InChI is InChI=1S/C27H33FN2O2/c1-19-24(15-20-9-11-22(12-10-20)26(31)32-4)23-7-5-6-8-25(23)30(19)17-21-13-14-29(16-21)18-27(2,3)28/h5-12,21H,13-18H2,1-4H3. The molecule has 0 bridgehead atoms. The van der Waals surface area contributed by atoms with Gasteiger partial charge in [0.2, 0.25) is 0 Å². The second kappa shape index (κ2) is 9.07. The number of esters is 1. The fourth-order valence-corrected chi connectivity index (χ4v) is 5.04. The van der Waals surface area contributed by atoms with Gasteiger partial charge in [-0.3, -0.25) is 4.90 Å². The molecular formula is C27H33FN2O2. The lowest BCUT2D eigenvalue weighted by Gasteiger charge is -2.23. The maximum atomic E-state index is 14.1. The van der Waals surface area contributed by atoms with E-state index in [1.54, 1.807) is 13.8 Å². The molecule has 1 aliphatic rings. The van der Waals surface area contributed by atoms with Crippen LogP contribution in [0.5, 0.6) is 0 Å². The largest absolute Gasteiger partial charge is 0.465 e. The van der Waals surface area contributed by atoms with E-state index in [0.717, 1.165) is 32.5 Å². The molecule has 2 heterocycles. The summed E-state index contributed by atoms with van der Waals surface area (Å²) in [7, 11) is 1.40. The van der Waals surface area contributed by atoms with Crippen molar-refractivity contribution >= 4 is 16.9 Å². The number of ether oxygens (including phenoxy) is 1. The first-order valence-corrected chi connectivity index (χ1v) is 11.4. The number of halogens is 1. The quantitative estimate of drug-likeness (QED) is 0.465. The summed E-state index contributed by atoms with van der Waals surface area (Å²) in [6.45, 7) is 8.90. The van der Waals surface area contributed by atoms with Crippen molar-refractivity contribution in [3.63, 3.8) is 0 Å². The summed E-state index contributed by atoms with van der Waals surface area (Å²) in [5.41, 5.74) is 4.45. The van der Waals surface area contributed by atoms with Crippen LogP contribution < -0.4 is 0 Å². The number of para-hydroxylation sites is 1. The number of fused-ring (bicyclic) bond motifs is 1. The minimum absolute atomic E-state index is 0.314. The molecule has 170 valence electrons. The molecular weight excluding hydrogens is 403 g/mol. The van der Waals surface area contributed by atoms with Gasteiger partial charge >= 0.3 is 5.97 Å². The van der Waals surface area contributed by atoms with Crippen LogP contribution in [-0.2, 0) is 17.7 Å². The highest BCUT2D eigenvalue weighted by Gasteiger charge is 2.29. The third-order valence-electron chi connectivity index (χ3n) is 6.53. The van der Waals surface area contributed by atoms with E-state index in [4.69, 9.17) is 4.74 Å². The van der Waals surface area contributed by atoms with Crippen LogP contribution >= 0.6 is 0 Å². The summed E-state index contributed by atoms with van der Waals surface area (Å²) < 4.78 is 21.3. The summed E-state index contributed by atoms with van der Waals surface area (Å²) in [5, 5.41) is 1.28. The monoisotopic (exact) mass is 436 g/mol. The smallest absolute Gasteiger partial charge is 0.337 e. The number of aromatic nitrogens is 1. The third kappa shape index (κ3) is 4.88. The van der Waals surface area contributed by atoms with E-state index < -0.39 is 5.67 Å². The van der Waals surface area contributed by atoms with E-state index in [0.29, 0.717) is 18.0 Å². The van der Waals surface area contributed by atoms with E-state index in [1.807, 2.05) is 24.3 Å². The predicted molar refractivity (Wildman–Crippen MR) is 127 cm³/mol. The number of methoxy groups -OCH3 is 1. The first kappa shape index (κ1) is 22.5. The molecule has 0 N–H and O–H groups in total. The van der Waals surface area contributed by atoms with Crippen molar-refractivity contribution in [2.45, 2.75) is 45.8 Å². The molecule has 1 aromatic heterocycles. The summed E-state index contributed by atoms with van der Waals surface area (Å²) in [6, 6.07) is 16.3. The average Bonchev–Trinajstić information content (AvgIpc) is 3.30. The third-order valence-corrected chi connectivity index (χ3v) is 6.53. The molecule has 3 aromatic rings. The highest BCUT2D eigenvalue weighted by molar-refractivity contribution is 5.89. The van der Waals surface area contributed by atoms with E-state index in [-0.39, 0.29) is 5.97 Å². The van der Waals surface area contributed by atoms with Gasteiger partial charge in [-0.1, -0.05) is 30.3 Å². The molecule has 0 saturated carbocycles. The number of nitrogens with zero attached hydrogens (tertiary/aromatic N) is 2. The van der Waals surface area contributed by atoms with Gasteiger partial charge < -0.3 is 9.30 Å². The molecule has 4 nitrogen and oxygen atoms in total. The molecule has 1 fully saturated rings. The summed E-state index contributed by atoms with van der Waals surface area (Å²) in [5.74, 6) is 0.213. The van der Waals surface area contributed by atoms with Crippen LogP contribution in [0.4, 0.5) is 4.39 Å². The van der Waals surface area contributed by atoms with Crippen molar-refractivity contribution in [1.82, 2.24) is 9.47 Å². The second-order valence-corrected chi connectivity index (χ2v) is 9.67. The lowest BCUT2D eigenvalue weighted by atomic mass is 10.0. The van der Waals surface area contributed by atoms with Crippen molar-refractivity contribution in [1.29, 1.82) is 0 Å². The van der Waals surface area contributed by atoms with Crippen LogP contribution in [0.15, 0.2) is 48.5 Å². The van der Waals surface area contributed by atoms with Gasteiger partial charge in [0.25, 0.3) is 0 Å². The number of carbonyl (C=O) groups excluding carboxylic acids is 1. The summed E-state index contributed by atoms with van der Waals surface area (Å²) in [4.78, 5) is 14.0. The molecule has 4 rings (SSSR count). The highest BCUT2D eigenvalue weighted by atomic mass is 19.1. The number of benzene rings is 2. The molecule has 1 atom stereocenters. The Morgan fingerprint density at radius 2 is 1.88 bits per heavy atom. The zero-order valence-electron chi connectivity index (χ0n) is 19.5. The van der Waals surface area contributed by atoms with Crippen molar-refractivity contribution in [3.8, 4) is 0 Å². The molecule has 32 heavy (non-hydrogen) atoms.